The van der Waals surface area contributed by atoms with Gasteiger partial charge in [-0.1, -0.05) is 18.2 Å². The number of nitrogens with one attached hydrogen (secondary N) is 1. The summed E-state index contributed by atoms with van der Waals surface area (Å²) < 4.78 is 0. The van der Waals surface area contributed by atoms with Gasteiger partial charge in [0.05, 0.1) is 17.5 Å². The van der Waals surface area contributed by atoms with E-state index in [0.717, 1.165) is 10.4 Å². The maximum atomic E-state index is 12.6. The van der Waals surface area contributed by atoms with Gasteiger partial charge in [-0.05, 0) is 29.1 Å². The Morgan fingerprint density at radius 2 is 2.00 bits per heavy atom. The molecule has 0 spiro atoms. The van der Waals surface area contributed by atoms with Gasteiger partial charge in [0.15, 0.2) is 0 Å². The molecule has 25 heavy (non-hydrogen) atoms. The van der Waals surface area contributed by atoms with Crippen molar-refractivity contribution in [2.75, 3.05) is 7.05 Å². The Labute approximate surface area is 149 Å². The van der Waals surface area contributed by atoms with E-state index in [1.54, 1.807) is 24.1 Å². The van der Waals surface area contributed by atoms with E-state index >= 15 is 0 Å². The average molecular weight is 358 g/mol. The topological polar surface area (TPSA) is 86.7 Å². The van der Waals surface area contributed by atoms with Gasteiger partial charge in [-0.15, -0.1) is 11.3 Å². The Morgan fingerprint density at radius 3 is 2.60 bits per heavy atom. The second kappa shape index (κ2) is 7.06. The van der Waals surface area contributed by atoms with E-state index in [4.69, 9.17) is 5.11 Å². The van der Waals surface area contributed by atoms with Crippen LogP contribution in [-0.2, 0) is 16.1 Å². The van der Waals surface area contributed by atoms with Crippen LogP contribution in [0.1, 0.15) is 33.3 Å². The smallest absolute Gasteiger partial charge is 0.335 e. The van der Waals surface area contributed by atoms with Crippen molar-refractivity contribution in [2.24, 2.45) is 5.92 Å². The summed E-state index contributed by atoms with van der Waals surface area (Å²) in [5.41, 5.74) is 1.01. The molecule has 0 radical (unpaired) electrons. The van der Waals surface area contributed by atoms with Crippen LogP contribution in [0.15, 0.2) is 41.8 Å². The average Bonchev–Trinajstić information content (AvgIpc) is 3.22. The highest BCUT2D eigenvalue weighted by atomic mass is 32.1. The van der Waals surface area contributed by atoms with Crippen LogP contribution >= 0.6 is 11.3 Å². The van der Waals surface area contributed by atoms with Gasteiger partial charge in [0.1, 0.15) is 0 Å². The summed E-state index contributed by atoms with van der Waals surface area (Å²) in [6, 6.07) is 9.97. The molecule has 0 aliphatic carbocycles. The lowest BCUT2D eigenvalue weighted by atomic mass is 9.98. The van der Waals surface area contributed by atoms with Gasteiger partial charge < -0.3 is 15.3 Å². The Morgan fingerprint density at radius 1 is 1.28 bits per heavy atom. The van der Waals surface area contributed by atoms with Crippen molar-refractivity contribution in [3.63, 3.8) is 0 Å². The molecule has 1 aromatic heterocycles. The molecule has 6 nitrogen and oxygen atoms in total. The van der Waals surface area contributed by atoms with Crippen molar-refractivity contribution in [1.29, 1.82) is 0 Å². The van der Waals surface area contributed by atoms with Crippen LogP contribution in [0.25, 0.3) is 0 Å². The van der Waals surface area contributed by atoms with Crippen LogP contribution in [0.4, 0.5) is 0 Å². The highest BCUT2D eigenvalue weighted by molar-refractivity contribution is 7.10. The van der Waals surface area contributed by atoms with Crippen molar-refractivity contribution >= 4 is 29.1 Å². The lowest BCUT2D eigenvalue weighted by Gasteiger charge is -2.23. The predicted octanol–water partition coefficient (Wildman–Crippen LogP) is 2.28. The second-order valence-electron chi connectivity index (χ2n) is 6.00. The molecular formula is C18H18N2O4S. The molecule has 3 rings (SSSR count). The summed E-state index contributed by atoms with van der Waals surface area (Å²) in [5.74, 6) is -1.61. The molecule has 1 aromatic carbocycles. The fourth-order valence-corrected chi connectivity index (χ4v) is 3.97. The van der Waals surface area contributed by atoms with Gasteiger partial charge >= 0.3 is 5.97 Å². The number of rotatable bonds is 5. The Bertz CT molecular complexity index is 786. The zero-order chi connectivity index (χ0) is 18.0. The number of amides is 2. The highest BCUT2D eigenvalue weighted by Crippen LogP contribution is 2.39. The fourth-order valence-electron chi connectivity index (χ4n) is 3.04. The number of hydrogen-bond donors (Lipinski definition) is 2. The molecule has 2 heterocycles. The van der Waals surface area contributed by atoms with Crippen LogP contribution in [0.5, 0.6) is 0 Å². The zero-order valence-electron chi connectivity index (χ0n) is 13.6. The standard InChI is InChI=1S/C18H18N2O4S/c1-20-15(21)9-13(16(20)14-3-2-8-25-14)17(22)19-10-11-4-6-12(7-5-11)18(23)24/h2-8,13,16H,9-10H2,1H3,(H,19,22)(H,23,24)/t13-,16+/m1/s1. The van der Waals surface area contributed by atoms with Crippen LogP contribution in [0, 0.1) is 5.92 Å². The molecule has 1 fully saturated rings. The molecule has 2 amide bonds. The lowest BCUT2D eigenvalue weighted by Crippen LogP contribution is -2.33. The number of carbonyl (C=O) groups is 3. The van der Waals surface area contributed by atoms with E-state index in [-0.39, 0.29) is 29.8 Å². The third kappa shape index (κ3) is 3.56. The first-order valence-electron chi connectivity index (χ1n) is 7.86. The van der Waals surface area contributed by atoms with Gasteiger partial charge in [0.2, 0.25) is 11.8 Å². The molecule has 2 atom stereocenters. The van der Waals surface area contributed by atoms with E-state index in [1.165, 1.54) is 23.5 Å². The fraction of sp³-hybridized carbons (Fsp3) is 0.278. The first-order chi connectivity index (χ1) is 12.0. The molecule has 1 aliphatic rings. The quantitative estimate of drug-likeness (QED) is 0.858. The van der Waals surface area contributed by atoms with Crippen molar-refractivity contribution in [1.82, 2.24) is 10.2 Å². The minimum absolute atomic E-state index is 0.0376. The number of likely N-dealkylation sites (tertiary alicyclic amines) is 1. The molecule has 0 bridgehead atoms. The number of nitrogens with zero attached hydrogens (tertiary/aromatic N) is 1. The number of thiophene rings is 1. The van der Waals surface area contributed by atoms with E-state index in [1.807, 2.05) is 17.5 Å². The maximum Gasteiger partial charge on any atom is 0.335 e. The number of aromatic carboxylic acids is 1. The van der Waals surface area contributed by atoms with Crippen LogP contribution in [0.3, 0.4) is 0 Å². The Kier molecular flexibility index (Phi) is 4.85. The van der Waals surface area contributed by atoms with Gasteiger partial charge in [-0.2, -0.15) is 0 Å². The maximum absolute atomic E-state index is 12.6. The van der Waals surface area contributed by atoms with Gasteiger partial charge in [-0.25, -0.2) is 4.79 Å². The molecule has 0 saturated carbocycles. The van der Waals surface area contributed by atoms with Crippen LogP contribution < -0.4 is 5.32 Å². The van der Waals surface area contributed by atoms with Crippen molar-refractivity contribution in [3.05, 3.63) is 57.8 Å². The summed E-state index contributed by atoms with van der Waals surface area (Å²) >= 11 is 1.54. The van der Waals surface area contributed by atoms with Gasteiger partial charge in [0, 0.05) is 24.9 Å². The number of carboxylic acid groups (broad SMARTS) is 1. The van der Waals surface area contributed by atoms with Crippen LogP contribution in [0.2, 0.25) is 0 Å². The zero-order valence-corrected chi connectivity index (χ0v) is 14.5. The molecule has 2 N–H and O–H groups in total. The Hall–Kier alpha value is -2.67. The normalized spacial score (nSPS) is 19.9. The Balaban J connectivity index is 1.67. The van der Waals surface area contributed by atoms with E-state index in [2.05, 4.69) is 5.32 Å². The molecule has 1 aliphatic heterocycles. The lowest BCUT2D eigenvalue weighted by molar-refractivity contribution is -0.128. The van der Waals surface area contributed by atoms with E-state index < -0.39 is 11.9 Å². The predicted molar refractivity (Wildman–Crippen MR) is 93.2 cm³/mol. The minimum atomic E-state index is -0.984. The number of carbonyl (C=O) groups excluding carboxylic acids is 2. The van der Waals surface area contributed by atoms with E-state index in [9.17, 15) is 14.4 Å². The molecule has 0 unspecified atom stereocenters. The van der Waals surface area contributed by atoms with Gasteiger partial charge in [0.25, 0.3) is 0 Å². The second-order valence-corrected chi connectivity index (χ2v) is 6.97. The number of hydrogen-bond acceptors (Lipinski definition) is 4. The minimum Gasteiger partial charge on any atom is -0.478 e. The van der Waals surface area contributed by atoms with Crippen molar-refractivity contribution in [3.8, 4) is 0 Å². The first-order valence-corrected chi connectivity index (χ1v) is 8.74. The number of benzene rings is 1. The monoisotopic (exact) mass is 358 g/mol. The summed E-state index contributed by atoms with van der Waals surface area (Å²) in [5, 5.41) is 13.7. The molecule has 7 heteroatoms. The summed E-state index contributed by atoms with van der Waals surface area (Å²) in [6.45, 7) is 0.296. The van der Waals surface area contributed by atoms with Crippen molar-refractivity contribution < 1.29 is 19.5 Å². The summed E-state index contributed by atoms with van der Waals surface area (Å²) in [7, 11) is 1.73. The number of carboxylic acids is 1. The largest absolute Gasteiger partial charge is 0.478 e. The van der Waals surface area contributed by atoms with Crippen molar-refractivity contribution in [2.45, 2.75) is 19.0 Å². The molecule has 130 valence electrons. The highest BCUT2D eigenvalue weighted by Gasteiger charge is 2.43. The van der Waals surface area contributed by atoms with Crippen LogP contribution in [-0.4, -0.2) is 34.8 Å². The first kappa shape index (κ1) is 17.2. The summed E-state index contributed by atoms with van der Waals surface area (Å²) in [6.07, 6.45) is 0.197. The molecule has 1 saturated heterocycles. The van der Waals surface area contributed by atoms with E-state index in [0.29, 0.717) is 6.54 Å². The summed E-state index contributed by atoms with van der Waals surface area (Å²) in [4.78, 5) is 38.2. The molecular weight excluding hydrogens is 340 g/mol. The van der Waals surface area contributed by atoms with Gasteiger partial charge in [-0.3, -0.25) is 9.59 Å². The third-order valence-electron chi connectivity index (χ3n) is 4.43. The molecule has 2 aromatic rings. The third-order valence-corrected chi connectivity index (χ3v) is 5.37. The SMILES string of the molecule is CN1C(=O)C[C@@H](C(=O)NCc2ccc(C(=O)O)cc2)[C@H]1c1cccs1.